The summed E-state index contributed by atoms with van der Waals surface area (Å²) in [7, 11) is 0. The van der Waals surface area contributed by atoms with E-state index >= 15 is 0 Å². The fraction of sp³-hybridized carbons (Fsp3) is 0.562. The average Bonchev–Trinajstić information content (AvgIpc) is 2.92. The van der Waals surface area contributed by atoms with Crippen molar-refractivity contribution in [3.8, 4) is 0 Å². The molecule has 0 radical (unpaired) electrons. The van der Waals surface area contributed by atoms with Crippen LogP contribution < -0.4 is 10.6 Å². The fourth-order valence-electron chi connectivity index (χ4n) is 3.02. The van der Waals surface area contributed by atoms with Gasteiger partial charge in [0.25, 0.3) is 0 Å². The Kier molecular flexibility index (Phi) is 5.91. The minimum Gasteiger partial charge on any atom is -0.322 e. The molecular weight excluding hydrogens is 307 g/mol. The molecule has 0 aliphatic heterocycles. The molecule has 1 aliphatic carbocycles. The molecule has 3 nitrogen and oxygen atoms in total. The zero-order valence-corrected chi connectivity index (χ0v) is 13.9. The van der Waals surface area contributed by atoms with E-state index in [1.807, 2.05) is 0 Å². The molecule has 21 heavy (non-hydrogen) atoms. The van der Waals surface area contributed by atoms with E-state index in [4.69, 9.17) is 23.2 Å². The predicted octanol–water partition coefficient (Wildman–Crippen LogP) is 4.49. The van der Waals surface area contributed by atoms with Gasteiger partial charge in [0.2, 0.25) is 5.91 Å². The first-order chi connectivity index (χ1) is 10.1. The van der Waals surface area contributed by atoms with E-state index < -0.39 is 0 Å². The molecule has 5 heteroatoms. The van der Waals surface area contributed by atoms with Crippen LogP contribution in [0.1, 0.15) is 39.0 Å². The largest absolute Gasteiger partial charge is 0.322 e. The van der Waals surface area contributed by atoms with Crippen LogP contribution in [0.5, 0.6) is 0 Å². The monoisotopic (exact) mass is 328 g/mol. The van der Waals surface area contributed by atoms with Crippen LogP contribution in [-0.2, 0) is 4.79 Å². The van der Waals surface area contributed by atoms with Gasteiger partial charge in [-0.25, -0.2) is 0 Å². The van der Waals surface area contributed by atoms with Crippen molar-refractivity contribution in [2.45, 2.75) is 39.0 Å². The average molecular weight is 329 g/mol. The van der Waals surface area contributed by atoms with E-state index in [-0.39, 0.29) is 12.5 Å². The third-order valence-corrected chi connectivity index (χ3v) is 5.06. The normalized spacial score (nSPS) is 16.9. The van der Waals surface area contributed by atoms with Crippen LogP contribution in [0.2, 0.25) is 10.0 Å². The molecule has 116 valence electrons. The van der Waals surface area contributed by atoms with Crippen molar-refractivity contribution >= 4 is 34.8 Å². The van der Waals surface area contributed by atoms with Gasteiger partial charge < -0.3 is 10.6 Å². The standard InChI is InChI=1S/C16H22Cl2N2O/c1-2-16(8-3-4-9-16)11-19-10-14(21)20-15-12(17)6-5-7-13(15)18/h5-7,19H,2-4,8-11H2,1H3,(H,20,21). The van der Waals surface area contributed by atoms with Crippen LogP contribution >= 0.6 is 23.2 Å². The number of carbonyl (C=O) groups excluding carboxylic acids is 1. The van der Waals surface area contributed by atoms with Crippen molar-refractivity contribution in [3.63, 3.8) is 0 Å². The van der Waals surface area contributed by atoms with Crippen molar-refractivity contribution in [3.05, 3.63) is 28.2 Å². The van der Waals surface area contributed by atoms with Crippen molar-refractivity contribution < 1.29 is 4.79 Å². The lowest BCUT2D eigenvalue weighted by molar-refractivity contribution is -0.115. The van der Waals surface area contributed by atoms with Crippen molar-refractivity contribution in [1.82, 2.24) is 5.32 Å². The number of para-hydroxylation sites is 1. The zero-order valence-electron chi connectivity index (χ0n) is 12.3. The second kappa shape index (κ2) is 7.48. The Morgan fingerprint density at radius 3 is 2.43 bits per heavy atom. The number of anilines is 1. The topological polar surface area (TPSA) is 41.1 Å². The second-order valence-corrected chi connectivity index (χ2v) is 6.62. The van der Waals surface area contributed by atoms with Gasteiger partial charge in [-0.05, 0) is 36.8 Å². The SMILES string of the molecule is CCC1(CNCC(=O)Nc2c(Cl)cccc2Cl)CCCC1. The highest BCUT2D eigenvalue weighted by Gasteiger charge is 2.31. The summed E-state index contributed by atoms with van der Waals surface area (Å²) in [5.74, 6) is -0.116. The molecule has 1 aromatic carbocycles. The van der Waals surface area contributed by atoms with Crippen LogP contribution in [0, 0.1) is 5.41 Å². The molecule has 2 rings (SSSR count). The number of halogens is 2. The highest BCUT2D eigenvalue weighted by atomic mass is 35.5. The number of benzene rings is 1. The predicted molar refractivity (Wildman–Crippen MR) is 89.2 cm³/mol. The van der Waals surface area contributed by atoms with Gasteiger partial charge in [0, 0.05) is 6.54 Å². The molecule has 0 atom stereocenters. The minimum atomic E-state index is -0.116. The van der Waals surface area contributed by atoms with Crippen LogP contribution in [0.4, 0.5) is 5.69 Å². The molecule has 0 spiro atoms. The first-order valence-electron chi connectivity index (χ1n) is 7.51. The van der Waals surface area contributed by atoms with Crippen molar-refractivity contribution in [2.24, 2.45) is 5.41 Å². The first kappa shape index (κ1) is 16.6. The van der Waals surface area contributed by atoms with Crippen LogP contribution in [0.3, 0.4) is 0 Å². The second-order valence-electron chi connectivity index (χ2n) is 5.81. The molecule has 0 aromatic heterocycles. The lowest BCUT2D eigenvalue weighted by Crippen LogP contribution is -2.36. The summed E-state index contributed by atoms with van der Waals surface area (Å²) in [6, 6.07) is 5.17. The molecule has 1 saturated carbocycles. The van der Waals surface area contributed by atoms with Crippen molar-refractivity contribution in [1.29, 1.82) is 0 Å². The van der Waals surface area contributed by atoms with Gasteiger partial charge in [-0.2, -0.15) is 0 Å². The van der Waals surface area contributed by atoms with E-state index in [0.29, 0.717) is 21.1 Å². The minimum absolute atomic E-state index is 0.116. The molecule has 1 amide bonds. The summed E-state index contributed by atoms with van der Waals surface area (Å²) >= 11 is 12.1. The molecule has 1 fully saturated rings. The number of rotatable bonds is 6. The molecule has 0 bridgehead atoms. The Labute approximate surface area is 136 Å². The maximum Gasteiger partial charge on any atom is 0.238 e. The van der Waals surface area contributed by atoms with Gasteiger partial charge in [-0.15, -0.1) is 0 Å². The van der Waals surface area contributed by atoms with Gasteiger partial charge in [0.1, 0.15) is 0 Å². The van der Waals surface area contributed by atoms with Crippen LogP contribution in [-0.4, -0.2) is 19.0 Å². The summed E-state index contributed by atoms with van der Waals surface area (Å²) in [4.78, 5) is 12.0. The van der Waals surface area contributed by atoms with E-state index in [2.05, 4.69) is 17.6 Å². The Morgan fingerprint density at radius 2 is 1.86 bits per heavy atom. The molecule has 0 heterocycles. The number of nitrogens with one attached hydrogen (secondary N) is 2. The molecule has 0 unspecified atom stereocenters. The highest BCUT2D eigenvalue weighted by Crippen LogP contribution is 2.40. The quantitative estimate of drug-likeness (QED) is 0.807. The fourth-order valence-corrected chi connectivity index (χ4v) is 3.51. The highest BCUT2D eigenvalue weighted by molar-refractivity contribution is 6.39. The van der Waals surface area contributed by atoms with E-state index in [1.165, 1.54) is 25.7 Å². The van der Waals surface area contributed by atoms with Gasteiger partial charge in [-0.3, -0.25) is 4.79 Å². The summed E-state index contributed by atoms with van der Waals surface area (Å²) < 4.78 is 0. The van der Waals surface area contributed by atoms with Crippen molar-refractivity contribution in [2.75, 3.05) is 18.4 Å². The summed E-state index contributed by atoms with van der Waals surface area (Å²) in [6.45, 7) is 3.41. The Morgan fingerprint density at radius 1 is 1.24 bits per heavy atom. The number of amides is 1. The van der Waals surface area contributed by atoms with Gasteiger partial charge in [0.15, 0.2) is 0 Å². The molecular formula is C16H22Cl2N2O. The maximum absolute atomic E-state index is 12.0. The smallest absolute Gasteiger partial charge is 0.238 e. The first-order valence-corrected chi connectivity index (χ1v) is 8.26. The Balaban J connectivity index is 1.82. The maximum atomic E-state index is 12.0. The van der Waals surface area contributed by atoms with E-state index in [9.17, 15) is 4.79 Å². The summed E-state index contributed by atoms with van der Waals surface area (Å²) in [6.07, 6.45) is 6.29. The third-order valence-electron chi connectivity index (χ3n) is 4.43. The summed E-state index contributed by atoms with van der Waals surface area (Å²) in [5.41, 5.74) is 0.862. The molecule has 1 aliphatic rings. The molecule has 1 aromatic rings. The van der Waals surface area contributed by atoms with Gasteiger partial charge >= 0.3 is 0 Å². The number of hydrogen-bond donors (Lipinski definition) is 2. The van der Waals surface area contributed by atoms with Gasteiger partial charge in [-0.1, -0.05) is 49.0 Å². The third kappa shape index (κ3) is 4.35. The Bertz CT molecular complexity index is 479. The zero-order chi connectivity index (χ0) is 15.3. The Hall–Kier alpha value is -0.770. The lowest BCUT2D eigenvalue weighted by Gasteiger charge is -2.27. The lowest BCUT2D eigenvalue weighted by atomic mass is 9.83. The van der Waals surface area contributed by atoms with Crippen LogP contribution in [0.15, 0.2) is 18.2 Å². The number of carbonyl (C=O) groups is 1. The van der Waals surface area contributed by atoms with Gasteiger partial charge in [0.05, 0.1) is 22.3 Å². The molecule has 2 N–H and O–H groups in total. The molecule has 0 saturated heterocycles. The van der Waals surface area contributed by atoms with E-state index in [0.717, 1.165) is 13.0 Å². The number of hydrogen-bond acceptors (Lipinski definition) is 2. The van der Waals surface area contributed by atoms with Crippen LogP contribution in [0.25, 0.3) is 0 Å². The summed E-state index contributed by atoms with van der Waals surface area (Å²) in [5, 5.41) is 6.96. The van der Waals surface area contributed by atoms with E-state index in [1.54, 1.807) is 18.2 Å².